The lowest BCUT2D eigenvalue weighted by Gasteiger charge is -2.09. The highest BCUT2D eigenvalue weighted by Gasteiger charge is 2.37. The molecule has 0 aliphatic rings. The van der Waals surface area contributed by atoms with Crippen LogP contribution in [-0.4, -0.2) is 16.6 Å². The van der Waals surface area contributed by atoms with Crippen LogP contribution in [0.15, 0.2) is 0 Å². The van der Waals surface area contributed by atoms with Gasteiger partial charge in [-0.05, 0) is 39.3 Å². The minimum Gasteiger partial charge on any atom is -0.177 e. The van der Waals surface area contributed by atoms with E-state index in [0.29, 0.717) is 0 Å². The second-order valence-electron chi connectivity index (χ2n) is 4.63. The first kappa shape index (κ1) is 12.5. The first-order valence-corrected chi connectivity index (χ1v) is 11.9. The monoisotopic (exact) mass is 225 g/mol. The highest BCUT2D eigenvalue weighted by atomic mass is 31.1. The SMILES string of the molecule is C[Si](C)(C)O[P+](=O)O[Si](C)(C)C. The Morgan fingerprint density at radius 1 is 0.833 bits per heavy atom. The molecule has 6 heteroatoms. The van der Waals surface area contributed by atoms with E-state index >= 15 is 0 Å². The van der Waals surface area contributed by atoms with E-state index in [1.54, 1.807) is 0 Å². The van der Waals surface area contributed by atoms with Gasteiger partial charge >= 0.3 is 8.25 Å². The Kier molecular flexibility index (Phi) is 4.26. The van der Waals surface area contributed by atoms with Gasteiger partial charge in [0.15, 0.2) is 0 Å². The van der Waals surface area contributed by atoms with Crippen LogP contribution in [0.4, 0.5) is 0 Å². The van der Waals surface area contributed by atoms with E-state index in [4.69, 9.17) is 8.43 Å². The Balaban J connectivity index is 3.92. The Hall–Kier alpha value is 0.454. The molecule has 0 bridgehead atoms. The zero-order valence-electron chi connectivity index (χ0n) is 8.67. The van der Waals surface area contributed by atoms with Crippen LogP contribution in [0.3, 0.4) is 0 Å². The van der Waals surface area contributed by atoms with Crippen molar-refractivity contribution in [3.8, 4) is 0 Å². The Labute approximate surface area is 77.7 Å². The molecule has 0 rings (SSSR count). The van der Waals surface area contributed by atoms with Gasteiger partial charge in [-0.25, -0.2) is 0 Å². The molecule has 0 aliphatic carbocycles. The summed E-state index contributed by atoms with van der Waals surface area (Å²) in [6, 6.07) is 0. The van der Waals surface area contributed by atoms with Crippen molar-refractivity contribution in [3.63, 3.8) is 0 Å². The fraction of sp³-hybridized carbons (Fsp3) is 1.00. The van der Waals surface area contributed by atoms with Gasteiger partial charge in [0.25, 0.3) is 16.6 Å². The van der Waals surface area contributed by atoms with Gasteiger partial charge in [-0.3, -0.25) is 0 Å². The molecule has 0 fully saturated rings. The summed E-state index contributed by atoms with van der Waals surface area (Å²) < 4.78 is 21.8. The second kappa shape index (κ2) is 4.11. The fourth-order valence-corrected chi connectivity index (χ4v) is 4.53. The molecule has 0 heterocycles. The number of hydrogen-bond donors (Lipinski definition) is 0. The van der Waals surface area contributed by atoms with Crippen LogP contribution >= 0.6 is 8.25 Å². The van der Waals surface area contributed by atoms with E-state index in [1.807, 2.05) is 39.3 Å². The molecular formula is C6H18O3PSi2+. The summed E-state index contributed by atoms with van der Waals surface area (Å²) in [5.41, 5.74) is 0. The summed E-state index contributed by atoms with van der Waals surface area (Å²) in [4.78, 5) is 0. The summed E-state index contributed by atoms with van der Waals surface area (Å²) in [6.45, 7) is 12.0. The van der Waals surface area contributed by atoms with Crippen molar-refractivity contribution < 1.29 is 13.0 Å². The largest absolute Gasteiger partial charge is 0.673 e. The van der Waals surface area contributed by atoms with Crippen molar-refractivity contribution in [3.05, 3.63) is 0 Å². The van der Waals surface area contributed by atoms with E-state index in [9.17, 15) is 4.57 Å². The molecule has 0 aromatic carbocycles. The van der Waals surface area contributed by atoms with Crippen LogP contribution in [0.2, 0.25) is 39.3 Å². The van der Waals surface area contributed by atoms with Gasteiger partial charge in [-0.15, -0.1) is 0 Å². The summed E-state index contributed by atoms with van der Waals surface area (Å²) in [7, 11) is -5.30. The molecule has 0 aromatic rings. The average Bonchev–Trinajstić information content (AvgIpc) is 1.49. The van der Waals surface area contributed by atoms with Crippen LogP contribution in [0.5, 0.6) is 0 Å². The molecular weight excluding hydrogens is 207 g/mol. The predicted molar refractivity (Wildman–Crippen MR) is 56.5 cm³/mol. The first-order valence-electron chi connectivity index (χ1n) is 3.96. The first-order chi connectivity index (χ1) is 5.10. The normalized spacial score (nSPS) is 13.2. The van der Waals surface area contributed by atoms with E-state index in [1.165, 1.54) is 0 Å². The van der Waals surface area contributed by atoms with E-state index in [-0.39, 0.29) is 0 Å². The minimum atomic E-state index is -1.88. The number of rotatable bonds is 4. The summed E-state index contributed by atoms with van der Waals surface area (Å²) >= 11 is 0. The van der Waals surface area contributed by atoms with Crippen molar-refractivity contribution >= 4 is 24.9 Å². The molecule has 0 aliphatic heterocycles. The average molecular weight is 225 g/mol. The smallest absolute Gasteiger partial charge is 0.177 e. The molecule has 0 amide bonds. The van der Waals surface area contributed by atoms with Crippen molar-refractivity contribution in [2.24, 2.45) is 0 Å². The van der Waals surface area contributed by atoms with E-state index in [0.717, 1.165) is 0 Å². The number of hydrogen-bond acceptors (Lipinski definition) is 3. The predicted octanol–water partition coefficient (Wildman–Crippen LogP) is 3.35. The molecule has 0 aromatic heterocycles. The molecule has 0 saturated carbocycles. The zero-order valence-corrected chi connectivity index (χ0v) is 11.6. The van der Waals surface area contributed by atoms with Gasteiger partial charge in [-0.1, -0.05) is 0 Å². The topological polar surface area (TPSA) is 35.5 Å². The van der Waals surface area contributed by atoms with Gasteiger partial charge in [0, 0.05) is 4.57 Å². The highest BCUT2D eigenvalue weighted by molar-refractivity contribution is 7.38. The van der Waals surface area contributed by atoms with Crippen LogP contribution in [0.25, 0.3) is 0 Å². The summed E-state index contributed by atoms with van der Waals surface area (Å²) in [5, 5.41) is 0. The standard InChI is InChI=1S/C6H18O3PSi2/c1-11(2,3)8-10(7)9-12(4,5)6/h1-6H3/q+1. The third-order valence-electron chi connectivity index (χ3n) is 0.697. The minimum absolute atomic E-state index is 1.71. The van der Waals surface area contributed by atoms with Crippen LogP contribution < -0.4 is 0 Å². The molecule has 72 valence electrons. The molecule has 3 nitrogen and oxygen atoms in total. The van der Waals surface area contributed by atoms with Gasteiger partial charge in [-0.2, -0.15) is 8.43 Å². The van der Waals surface area contributed by atoms with Crippen molar-refractivity contribution in [1.82, 2.24) is 0 Å². The van der Waals surface area contributed by atoms with E-state index < -0.39 is 24.9 Å². The summed E-state index contributed by atoms with van der Waals surface area (Å²) in [6.07, 6.45) is 0. The lowest BCUT2D eigenvalue weighted by Crippen LogP contribution is -2.26. The molecule has 12 heavy (non-hydrogen) atoms. The van der Waals surface area contributed by atoms with E-state index in [2.05, 4.69) is 0 Å². The maximum atomic E-state index is 11.2. The quantitative estimate of drug-likeness (QED) is 0.543. The van der Waals surface area contributed by atoms with Crippen LogP contribution in [-0.2, 0) is 13.0 Å². The van der Waals surface area contributed by atoms with Gasteiger partial charge in [0.2, 0.25) is 0 Å². The molecule has 0 radical (unpaired) electrons. The van der Waals surface area contributed by atoms with Gasteiger partial charge < -0.3 is 0 Å². The third kappa shape index (κ3) is 8.55. The van der Waals surface area contributed by atoms with Crippen LogP contribution in [0.1, 0.15) is 0 Å². The zero-order chi connectivity index (χ0) is 9.99. The lowest BCUT2D eigenvalue weighted by atomic mass is 11.8. The maximum Gasteiger partial charge on any atom is 0.673 e. The maximum absolute atomic E-state index is 11.2. The molecule has 0 N–H and O–H groups in total. The molecule has 0 atom stereocenters. The Morgan fingerprint density at radius 2 is 1.08 bits per heavy atom. The van der Waals surface area contributed by atoms with Crippen molar-refractivity contribution in [2.45, 2.75) is 39.3 Å². The Morgan fingerprint density at radius 3 is 1.25 bits per heavy atom. The molecule has 0 spiro atoms. The second-order valence-corrected chi connectivity index (χ2v) is 15.0. The molecule has 0 saturated heterocycles. The van der Waals surface area contributed by atoms with Crippen LogP contribution in [0, 0.1) is 0 Å². The van der Waals surface area contributed by atoms with Crippen molar-refractivity contribution in [2.75, 3.05) is 0 Å². The third-order valence-corrected chi connectivity index (χ3v) is 6.27. The highest BCUT2D eigenvalue weighted by Crippen LogP contribution is 2.32. The van der Waals surface area contributed by atoms with Crippen molar-refractivity contribution in [1.29, 1.82) is 0 Å². The molecule has 0 unspecified atom stereocenters. The Bertz CT molecular complexity index is 153. The summed E-state index contributed by atoms with van der Waals surface area (Å²) in [5.74, 6) is 0. The van der Waals surface area contributed by atoms with Gasteiger partial charge in [0.1, 0.15) is 0 Å². The lowest BCUT2D eigenvalue weighted by molar-refractivity contribution is 0.413. The van der Waals surface area contributed by atoms with Gasteiger partial charge in [0.05, 0.1) is 0 Å². The fourth-order valence-electron chi connectivity index (χ4n) is 0.466.